The lowest BCUT2D eigenvalue weighted by Gasteiger charge is -2.22. The van der Waals surface area contributed by atoms with E-state index in [0.717, 1.165) is 51.9 Å². The van der Waals surface area contributed by atoms with Crippen LogP contribution in [0.4, 0.5) is 0 Å². The molecule has 2 N–H and O–H groups in total. The van der Waals surface area contributed by atoms with E-state index in [2.05, 4.69) is 10.6 Å². The van der Waals surface area contributed by atoms with Gasteiger partial charge in [0.1, 0.15) is 0 Å². The lowest BCUT2D eigenvalue weighted by molar-refractivity contribution is -0.124. The molecule has 100 valence electrons. The summed E-state index contributed by atoms with van der Waals surface area (Å²) in [6.07, 6.45) is 4.45. The number of carbonyl (C=O) groups is 1. The fourth-order valence-corrected chi connectivity index (χ4v) is 1.86. The van der Waals surface area contributed by atoms with Crippen molar-refractivity contribution < 1.29 is 9.53 Å². The molecule has 0 aliphatic carbocycles. The van der Waals surface area contributed by atoms with E-state index < -0.39 is 0 Å². The zero-order chi connectivity index (χ0) is 12.5. The third-order valence-electron chi connectivity index (χ3n) is 3.32. The monoisotopic (exact) mass is 242 g/mol. The van der Waals surface area contributed by atoms with Gasteiger partial charge in [-0.25, -0.2) is 0 Å². The van der Waals surface area contributed by atoms with E-state index in [-0.39, 0.29) is 11.8 Å². The van der Waals surface area contributed by atoms with Crippen molar-refractivity contribution in [2.45, 2.75) is 45.6 Å². The highest BCUT2D eigenvalue weighted by atomic mass is 16.5. The minimum Gasteiger partial charge on any atom is -0.378 e. The van der Waals surface area contributed by atoms with Crippen LogP contribution in [0.3, 0.4) is 0 Å². The summed E-state index contributed by atoms with van der Waals surface area (Å²) in [6.45, 7) is 7.61. The van der Waals surface area contributed by atoms with Gasteiger partial charge in [0.25, 0.3) is 0 Å². The van der Waals surface area contributed by atoms with E-state index >= 15 is 0 Å². The number of hydrogen-bond donors (Lipinski definition) is 2. The third kappa shape index (κ3) is 6.03. The molecule has 0 spiro atoms. The van der Waals surface area contributed by atoms with Gasteiger partial charge >= 0.3 is 0 Å². The van der Waals surface area contributed by atoms with Gasteiger partial charge in [-0.05, 0) is 38.8 Å². The Balaban J connectivity index is 1.95. The summed E-state index contributed by atoms with van der Waals surface area (Å²) in [5.74, 6) is 0.287. The highest BCUT2D eigenvalue weighted by molar-refractivity contribution is 5.78. The Hall–Kier alpha value is -0.610. The van der Waals surface area contributed by atoms with Gasteiger partial charge in [-0.2, -0.15) is 0 Å². The van der Waals surface area contributed by atoms with Crippen molar-refractivity contribution in [3.63, 3.8) is 0 Å². The van der Waals surface area contributed by atoms with E-state index in [1.165, 1.54) is 0 Å². The van der Waals surface area contributed by atoms with Crippen molar-refractivity contribution in [1.82, 2.24) is 10.6 Å². The number of nitrogens with one attached hydrogen (secondary N) is 2. The molecule has 0 aromatic rings. The molecule has 1 aliphatic heterocycles. The maximum atomic E-state index is 11.5. The average Bonchev–Trinajstić information content (AvgIpc) is 2.38. The van der Waals surface area contributed by atoms with Gasteiger partial charge in [-0.15, -0.1) is 0 Å². The molecule has 1 saturated heterocycles. The first kappa shape index (κ1) is 14.5. The van der Waals surface area contributed by atoms with Gasteiger partial charge < -0.3 is 15.4 Å². The molecule has 1 rings (SSSR count). The first-order valence-corrected chi connectivity index (χ1v) is 6.84. The second-order valence-corrected chi connectivity index (χ2v) is 4.77. The minimum absolute atomic E-state index is 0.125. The molecular formula is C13H26N2O2. The Labute approximate surface area is 104 Å². The number of ether oxygens (including phenoxy) is 1. The Morgan fingerprint density at radius 2 is 2.18 bits per heavy atom. The molecule has 1 unspecified atom stereocenters. The molecule has 1 aliphatic rings. The van der Waals surface area contributed by atoms with Crippen LogP contribution in [0.1, 0.15) is 39.5 Å². The van der Waals surface area contributed by atoms with E-state index in [1.807, 2.05) is 13.8 Å². The molecule has 4 nitrogen and oxygen atoms in total. The fraction of sp³-hybridized carbons (Fsp3) is 0.923. The molecule has 4 heteroatoms. The van der Waals surface area contributed by atoms with Crippen LogP contribution in [0.5, 0.6) is 0 Å². The molecule has 0 radical (unpaired) electrons. The zero-order valence-electron chi connectivity index (χ0n) is 11.1. The van der Waals surface area contributed by atoms with Crippen LogP contribution < -0.4 is 10.6 Å². The van der Waals surface area contributed by atoms with Gasteiger partial charge in [0.2, 0.25) is 5.91 Å². The molecule has 1 fully saturated rings. The van der Waals surface area contributed by atoms with Crippen molar-refractivity contribution in [2.24, 2.45) is 5.92 Å². The van der Waals surface area contributed by atoms with Crippen molar-refractivity contribution in [3.05, 3.63) is 0 Å². The number of amides is 1. The van der Waals surface area contributed by atoms with Gasteiger partial charge in [-0.3, -0.25) is 4.79 Å². The maximum absolute atomic E-state index is 11.5. The fourth-order valence-electron chi connectivity index (χ4n) is 1.86. The van der Waals surface area contributed by atoms with Crippen LogP contribution in [0.25, 0.3) is 0 Å². The largest absolute Gasteiger partial charge is 0.378 e. The van der Waals surface area contributed by atoms with Crippen LogP contribution in [-0.2, 0) is 9.53 Å². The number of piperidine rings is 1. The highest BCUT2D eigenvalue weighted by Gasteiger charge is 2.13. The molecule has 17 heavy (non-hydrogen) atoms. The lowest BCUT2D eigenvalue weighted by Crippen LogP contribution is -2.33. The van der Waals surface area contributed by atoms with E-state index in [1.54, 1.807) is 0 Å². The van der Waals surface area contributed by atoms with Gasteiger partial charge in [0, 0.05) is 19.1 Å². The summed E-state index contributed by atoms with van der Waals surface area (Å²) < 4.78 is 5.76. The summed E-state index contributed by atoms with van der Waals surface area (Å²) >= 11 is 0. The van der Waals surface area contributed by atoms with Crippen LogP contribution in [0.15, 0.2) is 0 Å². The predicted molar refractivity (Wildman–Crippen MR) is 68.9 cm³/mol. The predicted octanol–water partition coefficient (Wildman–Crippen LogP) is 1.31. The van der Waals surface area contributed by atoms with Crippen LogP contribution in [0.2, 0.25) is 0 Å². The standard InChI is InChI=1S/C13H26N2O2/c1-3-11(2)13(16)15-7-4-10-17-12-5-8-14-9-6-12/h11-12,14H,3-10H2,1-2H3,(H,15,16). The Bertz CT molecular complexity index is 215. The first-order chi connectivity index (χ1) is 8.24. The molecule has 0 aromatic carbocycles. The quantitative estimate of drug-likeness (QED) is 0.662. The SMILES string of the molecule is CCC(C)C(=O)NCCCOC1CCNCC1. The van der Waals surface area contributed by atoms with Crippen LogP contribution in [0, 0.1) is 5.92 Å². The smallest absolute Gasteiger partial charge is 0.222 e. The molecule has 0 saturated carbocycles. The summed E-state index contributed by atoms with van der Waals surface area (Å²) in [5, 5.41) is 6.25. The van der Waals surface area contributed by atoms with Crippen LogP contribution in [-0.4, -0.2) is 38.3 Å². The second kappa shape index (κ2) is 8.48. The number of rotatable bonds is 7. The van der Waals surface area contributed by atoms with Crippen LogP contribution >= 0.6 is 0 Å². The Morgan fingerprint density at radius 3 is 2.82 bits per heavy atom. The minimum atomic E-state index is 0.125. The van der Waals surface area contributed by atoms with Crippen molar-refractivity contribution in [1.29, 1.82) is 0 Å². The van der Waals surface area contributed by atoms with Crippen molar-refractivity contribution in [3.8, 4) is 0 Å². The van der Waals surface area contributed by atoms with Crippen molar-refractivity contribution >= 4 is 5.91 Å². The molecular weight excluding hydrogens is 216 g/mol. The number of carbonyl (C=O) groups excluding carboxylic acids is 1. The summed E-state index contributed by atoms with van der Waals surface area (Å²) in [5.41, 5.74) is 0. The molecule has 1 atom stereocenters. The normalized spacial score (nSPS) is 18.9. The van der Waals surface area contributed by atoms with E-state index in [9.17, 15) is 4.79 Å². The average molecular weight is 242 g/mol. The Morgan fingerprint density at radius 1 is 1.47 bits per heavy atom. The van der Waals surface area contributed by atoms with Gasteiger partial charge in [0.15, 0.2) is 0 Å². The lowest BCUT2D eigenvalue weighted by atomic mass is 10.1. The highest BCUT2D eigenvalue weighted by Crippen LogP contribution is 2.07. The summed E-state index contributed by atoms with van der Waals surface area (Å²) in [7, 11) is 0. The molecule has 1 heterocycles. The van der Waals surface area contributed by atoms with E-state index in [0.29, 0.717) is 6.10 Å². The maximum Gasteiger partial charge on any atom is 0.222 e. The second-order valence-electron chi connectivity index (χ2n) is 4.77. The van der Waals surface area contributed by atoms with Gasteiger partial charge in [-0.1, -0.05) is 13.8 Å². The zero-order valence-corrected chi connectivity index (χ0v) is 11.1. The molecule has 1 amide bonds. The first-order valence-electron chi connectivity index (χ1n) is 6.84. The summed E-state index contributed by atoms with van der Waals surface area (Å²) in [4.78, 5) is 11.5. The summed E-state index contributed by atoms with van der Waals surface area (Å²) in [6, 6.07) is 0. The Kier molecular flexibility index (Phi) is 7.21. The number of hydrogen-bond acceptors (Lipinski definition) is 3. The molecule has 0 aromatic heterocycles. The van der Waals surface area contributed by atoms with Crippen molar-refractivity contribution in [2.75, 3.05) is 26.2 Å². The van der Waals surface area contributed by atoms with Gasteiger partial charge in [0.05, 0.1) is 6.10 Å². The molecule has 0 bridgehead atoms. The third-order valence-corrected chi connectivity index (χ3v) is 3.32. The van der Waals surface area contributed by atoms with E-state index in [4.69, 9.17) is 4.74 Å². The topological polar surface area (TPSA) is 50.4 Å².